The Morgan fingerprint density at radius 1 is 1.14 bits per heavy atom. The molecule has 0 aliphatic heterocycles. The van der Waals surface area contributed by atoms with Crippen LogP contribution in [0.2, 0.25) is 0 Å². The Bertz CT molecular complexity index is 416. The Balaban J connectivity index is 2.34. The fraction of sp³-hybridized carbons (Fsp3) is 0. The lowest BCUT2D eigenvalue weighted by molar-refractivity contribution is 0.427. The molecule has 14 heavy (non-hydrogen) atoms. The highest BCUT2D eigenvalue weighted by Gasteiger charge is 2.13. The summed E-state index contributed by atoms with van der Waals surface area (Å²) in [4.78, 5) is 3.92. The van der Waals surface area contributed by atoms with Crippen LogP contribution in [0.15, 0.2) is 36.0 Å². The Labute approximate surface area is 85.8 Å². The van der Waals surface area contributed by atoms with Gasteiger partial charge in [0.2, 0.25) is 0 Å². The van der Waals surface area contributed by atoms with E-state index in [4.69, 9.17) is 10.0 Å². The van der Waals surface area contributed by atoms with Gasteiger partial charge in [-0.1, -0.05) is 0 Å². The lowest BCUT2D eigenvalue weighted by Gasteiger charge is -1.94. The van der Waals surface area contributed by atoms with Gasteiger partial charge in [0, 0.05) is 17.2 Å². The summed E-state index contributed by atoms with van der Waals surface area (Å²) in [7, 11) is -1.38. The summed E-state index contributed by atoms with van der Waals surface area (Å²) >= 11 is 1.33. The van der Waals surface area contributed by atoms with Gasteiger partial charge in [0.1, 0.15) is 0 Å². The van der Waals surface area contributed by atoms with Gasteiger partial charge in [0.05, 0.1) is 0 Å². The van der Waals surface area contributed by atoms with Crippen molar-refractivity contribution in [2.75, 3.05) is 0 Å². The number of rotatable bonds is 2. The lowest BCUT2D eigenvalue weighted by Crippen LogP contribution is -2.26. The molecule has 0 aromatic carbocycles. The molecular weight excluding hydrogens is 197 g/mol. The molecule has 0 saturated heterocycles. The van der Waals surface area contributed by atoms with E-state index in [1.807, 2.05) is 17.5 Å². The van der Waals surface area contributed by atoms with Crippen molar-refractivity contribution < 1.29 is 10.0 Å². The number of pyridine rings is 1. The van der Waals surface area contributed by atoms with Crippen LogP contribution in [-0.2, 0) is 0 Å². The van der Waals surface area contributed by atoms with E-state index in [2.05, 4.69) is 4.98 Å². The zero-order valence-corrected chi connectivity index (χ0v) is 8.11. The summed E-state index contributed by atoms with van der Waals surface area (Å²) < 4.78 is 0.553. The normalized spacial score (nSPS) is 10.1. The molecule has 70 valence electrons. The standard InChI is InChI=1S/C9H8BNO2S/c12-10(13)9-5-8(6-14-9)7-1-3-11-4-2-7/h1-6,12-13H. The van der Waals surface area contributed by atoms with Gasteiger partial charge < -0.3 is 10.0 Å². The molecule has 0 aliphatic carbocycles. The smallest absolute Gasteiger partial charge is 0.423 e. The Morgan fingerprint density at radius 3 is 2.43 bits per heavy atom. The molecule has 2 N–H and O–H groups in total. The average molecular weight is 205 g/mol. The first-order chi connectivity index (χ1) is 6.77. The third-order valence-corrected chi connectivity index (χ3v) is 2.86. The van der Waals surface area contributed by atoms with Crippen LogP contribution < -0.4 is 4.78 Å². The van der Waals surface area contributed by atoms with Gasteiger partial charge in [-0.3, -0.25) is 4.98 Å². The molecular formula is C9H8BNO2S. The SMILES string of the molecule is OB(O)c1cc(-c2ccncc2)cs1. The second kappa shape index (κ2) is 3.92. The van der Waals surface area contributed by atoms with Crippen LogP contribution >= 0.6 is 11.3 Å². The molecule has 0 spiro atoms. The zero-order valence-electron chi connectivity index (χ0n) is 7.29. The molecule has 2 heterocycles. The fourth-order valence-corrected chi connectivity index (χ4v) is 1.97. The van der Waals surface area contributed by atoms with Gasteiger partial charge in [-0.15, -0.1) is 0 Å². The van der Waals surface area contributed by atoms with E-state index in [-0.39, 0.29) is 0 Å². The molecule has 0 aliphatic rings. The van der Waals surface area contributed by atoms with Crippen molar-refractivity contribution in [2.45, 2.75) is 0 Å². The first-order valence-electron chi connectivity index (χ1n) is 4.12. The fourth-order valence-electron chi connectivity index (χ4n) is 1.18. The molecule has 0 amide bonds. The van der Waals surface area contributed by atoms with Gasteiger partial charge in [-0.2, -0.15) is 11.3 Å². The van der Waals surface area contributed by atoms with Crippen molar-refractivity contribution >= 4 is 23.2 Å². The van der Waals surface area contributed by atoms with Crippen molar-refractivity contribution in [3.05, 3.63) is 36.0 Å². The van der Waals surface area contributed by atoms with Crippen LogP contribution in [0.25, 0.3) is 11.1 Å². The molecule has 0 atom stereocenters. The van der Waals surface area contributed by atoms with Crippen LogP contribution in [0.3, 0.4) is 0 Å². The van der Waals surface area contributed by atoms with Crippen LogP contribution in [-0.4, -0.2) is 22.2 Å². The topological polar surface area (TPSA) is 53.4 Å². The summed E-state index contributed by atoms with van der Waals surface area (Å²) in [6.45, 7) is 0. The predicted octanol–water partition coefficient (Wildman–Crippen LogP) is 0.490. The van der Waals surface area contributed by atoms with Crippen molar-refractivity contribution in [2.24, 2.45) is 0 Å². The maximum Gasteiger partial charge on any atom is 0.499 e. The maximum atomic E-state index is 8.94. The predicted molar refractivity (Wildman–Crippen MR) is 57.4 cm³/mol. The minimum Gasteiger partial charge on any atom is -0.423 e. The van der Waals surface area contributed by atoms with E-state index in [1.54, 1.807) is 18.5 Å². The minimum atomic E-state index is -1.38. The van der Waals surface area contributed by atoms with Crippen molar-refractivity contribution in [1.29, 1.82) is 0 Å². The van der Waals surface area contributed by atoms with E-state index in [0.717, 1.165) is 11.1 Å². The van der Waals surface area contributed by atoms with E-state index >= 15 is 0 Å². The largest absolute Gasteiger partial charge is 0.499 e. The van der Waals surface area contributed by atoms with E-state index < -0.39 is 7.12 Å². The monoisotopic (exact) mass is 205 g/mol. The number of hydrogen-bond donors (Lipinski definition) is 2. The molecule has 3 nitrogen and oxygen atoms in total. The number of nitrogens with zero attached hydrogens (tertiary/aromatic N) is 1. The van der Waals surface area contributed by atoms with Crippen molar-refractivity contribution in [3.63, 3.8) is 0 Å². The highest BCUT2D eigenvalue weighted by Crippen LogP contribution is 2.19. The highest BCUT2D eigenvalue weighted by atomic mass is 32.1. The third kappa shape index (κ3) is 1.84. The van der Waals surface area contributed by atoms with Crippen LogP contribution in [0.1, 0.15) is 0 Å². The molecule has 2 aromatic rings. The van der Waals surface area contributed by atoms with E-state index in [1.165, 1.54) is 11.3 Å². The lowest BCUT2D eigenvalue weighted by atomic mass is 9.88. The minimum absolute atomic E-state index is 0.553. The summed E-state index contributed by atoms with van der Waals surface area (Å²) in [5.41, 5.74) is 2.02. The molecule has 0 radical (unpaired) electrons. The zero-order chi connectivity index (χ0) is 9.97. The summed E-state index contributed by atoms with van der Waals surface area (Å²) in [5.74, 6) is 0. The first-order valence-corrected chi connectivity index (χ1v) is 5.00. The van der Waals surface area contributed by atoms with Gasteiger partial charge in [0.25, 0.3) is 0 Å². The van der Waals surface area contributed by atoms with Crippen molar-refractivity contribution in [3.8, 4) is 11.1 Å². The summed E-state index contributed by atoms with van der Waals surface area (Å²) in [6.07, 6.45) is 3.42. The third-order valence-electron chi connectivity index (χ3n) is 1.89. The van der Waals surface area contributed by atoms with Crippen LogP contribution in [0.5, 0.6) is 0 Å². The Hall–Kier alpha value is -1.17. The molecule has 0 unspecified atom stereocenters. The Kier molecular flexibility index (Phi) is 2.63. The molecule has 5 heteroatoms. The molecule has 0 bridgehead atoms. The summed E-state index contributed by atoms with van der Waals surface area (Å²) in [6, 6.07) is 5.54. The number of thiophene rings is 1. The van der Waals surface area contributed by atoms with Gasteiger partial charge in [-0.25, -0.2) is 0 Å². The van der Waals surface area contributed by atoms with Gasteiger partial charge in [0.15, 0.2) is 0 Å². The number of aromatic nitrogens is 1. The molecule has 0 saturated carbocycles. The van der Waals surface area contributed by atoms with Crippen molar-refractivity contribution in [1.82, 2.24) is 4.98 Å². The summed E-state index contributed by atoms with van der Waals surface area (Å²) in [5, 5.41) is 19.8. The highest BCUT2D eigenvalue weighted by molar-refractivity contribution is 7.20. The maximum absolute atomic E-state index is 8.94. The van der Waals surface area contributed by atoms with Crippen LogP contribution in [0, 0.1) is 0 Å². The molecule has 0 fully saturated rings. The second-order valence-electron chi connectivity index (χ2n) is 2.85. The van der Waals surface area contributed by atoms with Gasteiger partial charge >= 0.3 is 7.12 Å². The Morgan fingerprint density at radius 2 is 1.86 bits per heavy atom. The van der Waals surface area contributed by atoms with Gasteiger partial charge in [-0.05, 0) is 34.7 Å². The quantitative estimate of drug-likeness (QED) is 0.701. The first kappa shape index (κ1) is 9.39. The molecule has 2 aromatic heterocycles. The van der Waals surface area contributed by atoms with E-state index in [0.29, 0.717) is 4.78 Å². The molecule has 2 rings (SSSR count). The average Bonchev–Trinajstić information content (AvgIpc) is 2.68. The van der Waals surface area contributed by atoms with E-state index in [9.17, 15) is 0 Å². The van der Waals surface area contributed by atoms with Crippen LogP contribution in [0.4, 0.5) is 0 Å². The second-order valence-corrected chi connectivity index (χ2v) is 3.79. The number of hydrogen-bond acceptors (Lipinski definition) is 4.